The topological polar surface area (TPSA) is 126 Å². The Hall–Kier alpha value is -5.05. The molecule has 3 N–H and O–H groups in total. The van der Waals surface area contributed by atoms with Gasteiger partial charge in [-0.15, -0.1) is 0 Å². The molecular weight excluding hydrogens is 520 g/mol. The Morgan fingerprint density at radius 3 is 2.12 bits per heavy atom. The molecular formula is C32H32N4O5. The van der Waals surface area contributed by atoms with Gasteiger partial charge in [-0.2, -0.15) is 0 Å². The second-order valence-corrected chi connectivity index (χ2v) is 9.92. The first kappa shape index (κ1) is 28.9. The van der Waals surface area contributed by atoms with E-state index in [4.69, 9.17) is 4.74 Å². The summed E-state index contributed by atoms with van der Waals surface area (Å²) in [6.07, 6.45) is 0.375. The second-order valence-electron chi connectivity index (χ2n) is 9.92. The van der Waals surface area contributed by atoms with Gasteiger partial charge in [-0.25, -0.2) is 4.98 Å². The van der Waals surface area contributed by atoms with Crippen LogP contribution in [0.3, 0.4) is 0 Å². The van der Waals surface area contributed by atoms with Gasteiger partial charge in [-0.05, 0) is 60.9 Å². The first-order valence-electron chi connectivity index (χ1n) is 13.4. The van der Waals surface area contributed by atoms with E-state index in [1.807, 2.05) is 68.4 Å². The summed E-state index contributed by atoms with van der Waals surface area (Å²) in [4.78, 5) is 55.0. The largest absolute Gasteiger partial charge is 0.457 e. The molecule has 9 nitrogen and oxygen atoms in total. The highest BCUT2D eigenvalue weighted by Crippen LogP contribution is 2.21. The molecule has 3 amide bonds. The van der Waals surface area contributed by atoms with E-state index in [0.717, 1.165) is 5.39 Å². The molecule has 1 heterocycles. The number of pyridine rings is 1. The Labute approximate surface area is 238 Å². The van der Waals surface area contributed by atoms with Gasteiger partial charge in [-0.1, -0.05) is 56.3 Å². The van der Waals surface area contributed by atoms with Crippen molar-refractivity contribution in [1.82, 2.24) is 20.9 Å². The molecule has 0 saturated heterocycles. The molecule has 0 spiro atoms. The number of nitrogens with one attached hydrogen (secondary N) is 3. The lowest BCUT2D eigenvalue weighted by Gasteiger charge is -2.20. The number of carbonyl (C=O) groups excluding carboxylic acids is 4. The first-order valence-corrected chi connectivity index (χ1v) is 13.4. The Bertz CT molecular complexity index is 1520. The van der Waals surface area contributed by atoms with E-state index in [2.05, 4.69) is 20.9 Å². The van der Waals surface area contributed by atoms with Crippen LogP contribution in [0.4, 0.5) is 0 Å². The highest BCUT2D eigenvalue weighted by Gasteiger charge is 2.23. The number of rotatable bonds is 12. The number of fused-ring (bicyclic) bond motifs is 1. The number of amides is 3. The van der Waals surface area contributed by atoms with Gasteiger partial charge in [0.05, 0.1) is 18.6 Å². The maximum Gasteiger partial charge on any atom is 0.270 e. The summed E-state index contributed by atoms with van der Waals surface area (Å²) in [5.74, 6) is -0.416. The number of benzene rings is 3. The van der Waals surface area contributed by atoms with E-state index < -0.39 is 23.8 Å². The van der Waals surface area contributed by atoms with Crippen LogP contribution in [-0.2, 0) is 9.59 Å². The molecule has 41 heavy (non-hydrogen) atoms. The highest BCUT2D eigenvalue weighted by atomic mass is 16.5. The number of Topliss-reactive ketones (excluding diaryl/α,β-unsaturated/α-hetero) is 1. The first-order chi connectivity index (χ1) is 19.8. The summed E-state index contributed by atoms with van der Waals surface area (Å²) < 4.78 is 5.72. The predicted octanol–water partition coefficient (Wildman–Crippen LogP) is 4.29. The maximum absolute atomic E-state index is 12.9. The number of hydrogen-bond donors (Lipinski definition) is 3. The molecule has 0 saturated carbocycles. The SMILES string of the molecule is CC(C)C[C@H](NC(=O)c1ccc2ccccc2n1)C(=O)NCC(=O)CNC(=O)c1ccc(Oc2ccccc2)cc1. The number of nitrogens with zero attached hydrogens (tertiary/aromatic N) is 1. The normalized spacial score (nSPS) is 11.5. The fourth-order valence-corrected chi connectivity index (χ4v) is 4.08. The average Bonchev–Trinajstić information content (AvgIpc) is 2.98. The van der Waals surface area contributed by atoms with E-state index in [1.54, 1.807) is 36.4 Å². The van der Waals surface area contributed by atoms with Crippen LogP contribution >= 0.6 is 0 Å². The van der Waals surface area contributed by atoms with E-state index in [1.165, 1.54) is 0 Å². The Balaban J connectivity index is 1.26. The lowest BCUT2D eigenvalue weighted by molar-refractivity contribution is -0.126. The Morgan fingerprint density at radius 1 is 0.732 bits per heavy atom. The number of para-hydroxylation sites is 2. The molecule has 0 fully saturated rings. The number of ether oxygens (including phenoxy) is 1. The Morgan fingerprint density at radius 2 is 1.39 bits per heavy atom. The van der Waals surface area contributed by atoms with Crippen LogP contribution in [0.15, 0.2) is 91.0 Å². The van der Waals surface area contributed by atoms with Crippen LogP contribution in [0.2, 0.25) is 0 Å². The quantitative estimate of drug-likeness (QED) is 0.241. The number of aromatic nitrogens is 1. The molecule has 9 heteroatoms. The third-order valence-electron chi connectivity index (χ3n) is 6.16. The molecule has 3 aromatic carbocycles. The molecule has 0 radical (unpaired) electrons. The van der Waals surface area contributed by atoms with Crippen molar-refractivity contribution in [2.24, 2.45) is 5.92 Å². The van der Waals surface area contributed by atoms with Crippen molar-refractivity contribution >= 4 is 34.4 Å². The molecule has 1 aromatic heterocycles. The van der Waals surface area contributed by atoms with Crippen LogP contribution in [0, 0.1) is 5.92 Å². The minimum Gasteiger partial charge on any atom is -0.457 e. The fourth-order valence-electron chi connectivity index (χ4n) is 4.08. The smallest absolute Gasteiger partial charge is 0.270 e. The molecule has 0 unspecified atom stereocenters. The molecule has 210 valence electrons. The van der Waals surface area contributed by atoms with Crippen molar-refractivity contribution in [3.05, 3.63) is 102 Å². The highest BCUT2D eigenvalue weighted by molar-refractivity contribution is 5.99. The zero-order valence-electron chi connectivity index (χ0n) is 22.9. The van der Waals surface area contributed by atoms with Crippen molar-refractivity contribution in [1.29, 1.82) is 0 Å². The van der Waals surface area contributed by atoms with Gasteiger partial charge in [0.2, 0.25) is 5.91 Å². The summed E-state index contributed by atoms with van der Waals surface area (Å²) in [5, 5.41) is 8.78. The zero-order valence-corrected chi connectivity index (χ0v) is 22.9. The molecule has 0 aliphatic heterocycles. The summed E-state index contributed by atoms with van der Waals surface area (Å²) >= 11 is 0. The molecule has 0 aliphatic carbocycles. The van der Waals surface area contributed by atoms with Crippen molar-refractivity contribution in [2.45, 2.75) is 26.3 Å². The average molecular weight is 553 g/mol. The summed E-state index contributed by atoms with van der Waals surface area (Å²) in [6, 6.07) is 25.8. The summed E-state index contributed by atoms with van der Waals surface area (Å²) in [6.45, 7) is 3.31. The number of hydrogen-bond acceptors (Lipinski definition) is 6. The Kier molecular flexibility index (Phi) is 9.77. The van der Waals surface area contributed by atoms with Crippen molar-refractivity contribution in [2.75, 3.05) is 13.1 Å². The van der Waals surface area contributed by atoms with E-state index in [0.29, 0.717) is 29.0 Å². The van der Waals surface area contributed by atoms with Gasteiger partial charge in [0.15, 0.2) is 5.78 Å². The van der Waals surface area contributed by atoms with Crippen molar-refractivity contribution < 1.29 is 23.9 Å². The summed E-state index contributed by atoms with van der Waals surface area (Å²) in [5.41, 5.74) is 1.24. The maximum atomic E-state index is 12.9. The zero-order chi connectivity index (χ0) is 29.2. The van der Waals surface area contributed by atoms with Crippen LogP contribution in [-0.4, -0.2) is 47.6 Å². The monoisotopic (exact) mass is 552 g/mol. The van der Waals surface area contributed by atoms with Gasteiger partial charge in [0.25, 0.3) is 11.8 Å². The van der Waals surface area contributed by atoms with Gasteiger partial charge in [0, 0.05) is 10.9 Å². The lowest BCUT2D eigenvalue weighted by atomic mass is 10.0. The molecule has 0 aliphatic rings. The minimum absolute atomic E-state index is 0.107. The molecule has 0 bridgehead atoms. The second kappa shape index (κ2) is 13.8. The predicted molar refractivity (Wildman–Crippen MR) is 156 cm³/mol. The molecule has 4 aromatic rings. The van der Waals surface area contributed by atoms with Gasteiger partial charge < -0.3 is 20.7 Å². The van der Waals surface area contributed by atoms with Gasteiger partial charge in [0.1, 0.15) is 23.2 Å². The van der Waals surface area contributed by atoms with Crippen molar-refractivity contribution in [3.63, 3.8) is 0 Å². The standard InChI is InChI=1S/C32H32N4O5/c1-21(2)18-29(36-32(40)28-17-14-22-8-6-7-11-27(22)35-28)31(39)34-20-24(37)19-33-30(38)23-12-15-26(16-13-23)41-25-9-4-3-5-10-25/h3-17,21,29H,18-20H2,1-2H3,(H,33,38)(H,34,39)(H,36,40)/t29-/m0/s1. The van der Waals surface area contributed by atoms with Crippen LogP contribution in [0.25, 0.3) is 10.9 Å². The van der Waals surface area contributed by atoms with Gasteiger partial charge >= 0.3 is 0 Å². The lowest BCUT2D eigenvalue weighted by Crippen LogP contribution is -2.49. The summed E-state index contributed by atoms with van der Waals surface area (Å²) in [7, 11) is 0. The third-order valence-corrected chi connectivity index (χ3v) is 6.16. The number of ketones is 1. The van der Waals surface area contributed by atoms with Crippen LogP contribution < -0.4 is 20.7 Å². The van der Waals surface area contributed by atoms with Crippen LogP contribution in [0.1, 0.15) is 41.1 Å². The van der Waals surface area contributed by atoms with E-state index >= 15 is 0 Å². The van der Waals surface area contributed by atoms with Crippen molar-refractivity contribution in [3.8, 4) is 11.5 Å². The van der Waals surface area contributed by atoms with E-state index in [9.17, 15) is 19.2 Å². The minimum atomic E-state index is -0.852. The van der Waals surface area contributed by atoms with Crippen LogP contribution in [0.5, 0.6) is 11.5 Å². The molecule has 1 atom stereocenters. The molecule has 4 rings (SSSR count). The van der Waals surface area contributed by atoms with E-state index in [-0.39, 0.29) is 30.5 Å². The fraction of sp³-hybridized carbons (Fsp3) is 0.219. The number of carbonyl (C=O) groups is 4. The van der Waals surface area contributed by atoms with Gasteiger partial charge in [-0.3, -0.25) is 19.2 Å². The third kappa shape index (κ3) is 8.47.